The Morgan fingerprint density at radius 1 is 1.20 bits per heavy atom. The van der Waals surface area contributed by atoms with Gasteiger partial charge < -0.3 is 23.9 Å². The molecule has 0 radical (unpaired) electrons. The zero-order chi connectivity index (χ0) is 31.0. The third kappa shape index (κ3) is 5.35. The van der Waals surface area contributed by atoms with E-state index in [-0.39, 0.29) is 55.4 Å². The molecule has 11 nitrogen and oxygen atoms in total. The van der Waals surface area contributed by atoms with E-state index in [0.29, 0.717) is 45.9 Å². The van der Waals surface area contributed by atoms with Crippen molar-refractivity contribution < 1.29 is 37.8 Å². The van der Waals surface area contributed by atoms with Crippen LogP contribution in [0, 0.1) is 18.3 Å². The summed E-state index contributed by atoms with van der Waals surface area (Å²) in [6.45, 7) is 4.44. The highest BCUT2D eigenvalue weighted by molar-refractivity contribution is 7.20. The molecule has 12 heteroatoms. The molecular weight excluding hydrogens is 586 g/mol. The molecule has 1 aliphatic carbocycles. The molecule has 2 aliphatic heterocycles. The van der Waals surface area contributed by atoms with E-state index >= 15 is 0 Å². The lowest BCUT2D eigenvalue weighted by atomic mass is 9.56. The van der Waals surface area contributed by atoms with Gasteiger partial charge in [-0.1, -0.05) is 18.2 Å². The summed E-state index contributed by atoms with van der Waals surface area (Å²) in [5.41, 5.74) is 0.515. The number of hydrogen-bond donors (Lipinski definition) is 1. The average molecular weight is 622 g/mol. The zero-order valence-electron chi connectivity index (χ0n) is 24.9. The molecule has 232 valence electrons. The van der Waals surface area contributed by atoms with Crippen molar-refractivity contribution in [3.63, 3.8) is 0 Å². The van der Waals surface area contributed by atoms with Gasteiger partial charge in [0.2, 0.25) is 17.7 Å². The van der Waals surface area contributed by atoms with Crippen LogP contribution in [0.5, 0.6) is 5.75 Å². The zero-order valence-corrected chi connectivity index (χ0v) is 25.7. The first kappa shape index (κ1) is 30.2. The Bertz CT molecular complexity index is 1570. The maximum absolute atomic E-state index is 14.5. The minimum absolute atomic E-state index is 0.0636. The molecule has 0 bridgehead atoms. The first-order chi connectivity index (χ1) is 21.2. The Labute approximate surface area is 258 Å². The fourth-order valence-corrected chi connectivity index (χ4v) is 7.64. The summed E-state index contributed by atoms with van der Waals surface area (Å²) in [4.78, 5) is 59.7. The van der Waals surface area contributed by atoms with Crippen molar-refractivity contribution in [2.45, 2.75) is 51.7 Å². The lowest BCUT2D eigenvalue weighted by molar-refractivity contribution is -0.141. The van der Waals surface area contributed by atoms with Gasteiger partial charge >= 0.3 is 0 Å². The molecule has 1 N–H and O–H groups in total. The lowest BCUT2D eigenvalue weighted by Crippen LogP contribution is -2.61. The number of ketones is 2. The fraction of sp³-hybridized carbons (Fsp3) is 0.469. The third-order valence-corrected chi connectivity index (χ3v) is 10.1. The van der Waals surface area contributed by atoms with Crippen LogP contribution in [0.2, 0.25) is 0 Å². The third-order valence-electron chi connectivity index (χ3n) is 8.75. The van der Waals surface area contributed by atoms with E-state index < -0.39 is 17.4 Å². The van der Waals surface area contributed by atoms with Gasteiger partial charge in [-0.05, 0) is 51.2 Å². The van der Waals surface area contributed by atoms with E-state index in [1.807, 2.05) is 31.2 Å². The molecule has 2 amide bonds. The van der Waals surface area contributed by atoms with Crippen molar-refractivity contribution in [2.75, 3.05) is 38.3 Å². The van der Waals surface area contributed by atoms with Crippen molar-refractivity contribution in [3.05, 3.63) is 53.4 Å². The number of carbonyl (C=O) groups excluding carboxylic acids is 4. The van der Waals surface area contributed by atoms with Crippen molar-refractivity contribution in [2.24, 2.45) is 11.3 Å². The molecule has 2 fully saturated rings. The Morgan fingerprint density at radius 3 is 2.64 bits per heavy atom. The van der Waals surface area contributed by atoms with E-state index in [2.05, 4.69) is 10.3 Å². The van der Waals surface area contributed by atoms with Crippen molar-refractivity contribution in [1.82, 2.24) is 10.3 Å². The maximum atomic E-state index is 14.5. The van der Waals surface area contributed by atoms with Crippen LogP contribution in [0.15, 0.2) is 41.1 Å². The number of para-hydroxylation sites is 1. The van der Waals surface area contributed by atoms with Crippen molar-refractivity contribution in [1.29, 1.82) is 0 Å². The number of rotatable bonds is 10. The Morgan fingerprint density at radius 2 is 1.95 bits per heavy atom. The topological polar surface area (TPSA) is 137 Å². The number of benzene rings is 1. The second-order valence-corrected chi connectivity index (χ2v) is 12.6. The second-order valence-electron chi connectivity index (χ2n) is 11.6. The normalized spacial score (nSPS) is 22.4. The number of oxazole rings is 1. The summed E-state index contributed by atoms with van der Waals surface area (Å²) < 4.78 is 23.5. The van der Waals surface area contributed by atoms with Crippen LogP contribution < -0.4 is 15.0 Å². The number of hydrogen-bond acceptors (Lipinski definition) is 10. The van der Waals surface area contributed by atoms with Crippen LogP contribution in [-0.2, 0) is 23.9 Å². The van der Waals surface area contributed by atoms with Crippen molar-refractivity contribution in [3.8, 4) is 16.5 Å². The van der Waals surface area contributed by atoms with E-state index in [1.54, 1.807) is 12.0 Å². The number of thiophene rings is 1. The number of Topliss-reactive ketones (excluding diaryl/α,β-unsaturated/α-hetero) is 2. The van der Waals surface area contributed by atoms with Gasteiger partial charge in [-0.3, -0.25) is 24.1 Å². The first-order valence-corrected chi connectivity index (χ1v) is 15.6. The molecule has 3 aliphatic rings. The Hall–Kier alpha value is -3.87. The number of nitrogens with one attached hydrogen (secondary N) is 1. The minimum Gasteiger partial charge on any atom is -0.496 e. The lowest BCUT2D eigenvalue weighted by Gasteiger charge is -2.49. The number of aromatic nitrogens is 1. The smallest absolute Gasteiger partial charge is 0.241 e. The molecule has 6 rings (SSSR count). The van der Waals surface area contributed by atoms with Gasteiger partial charge in [0.15, 0.2) is 5.78 Å². The van der Waals surface area contributed by atoms with Crippen molar-refractivity contribution >= 4 is 39.7 Å². The van der Waals surface area contributed by atoms with Crippen LogP contribution in [0.4, 0.5) is 5.00 Å². The predicted molar refractivity (Wildman–Crippen MR) is 161 cm³/mol. The van der Waals surface area contributed by atoms with Crippen LogP contribution in [0.25, 0.3) is 10.8 Å². The highest BCUT2D eigenvalue weighted by Crippen LogP contribution is 2.57. The fourth-order valence-electron chi connectivity index (χ4n) is 6.39. The molecule has 1 atom stereocenters. The molecule has 0 unspecified atom stereocenters. The summed E-state index contributed by atoms with van der Waals surface area (Å²) in [5.74, 6) is -0.718. The van der Waals surface area contributed by atoms with Gasteiger partial charge in [-0.25, -0.2) is 4.98 Å². The molecule has 1 spiro atoms. The van der Waals surface area contributed by atoms with Gasteiger partial charge in [0, 0.05) is 24.7 Å². The molecule has 3 aromatic rings. The highest BCUT2D eigenvalue weighted by Gasteiger charge is 2.62. The summed E-state index contributed by atoms with van der Waals surface area (Å²) in [5, 5.41) is 3.14. The maximum Gasteiger partial charge on any atom is 0.241 e. The number of fused-ring (bicyclic) bond motifs is 1. The van der Waals surface area contributed by atoms with E-state index in [9.17, 15) is 19.2 Å². The molecule has 1 aromatic carbocycles. The van der Waals surface area contributed by atoms with E-state index in [0.717, 1.165) is 18.4 Å². The van der Waals surface area contributed by atoms with Gasteiger partial charge in [-0.15, -0.1) is 11.3 Å². The number of anilines is 1. The monoisotopic (exact) mass is 621 g/mol. The Balaban J connectivity index is 1.40. The number of carbonyl (C=O) groups is 4. The number of nitrogens with zero attached hydrogens (tertiary/aromatic N) is 2. The Kier molecular flexibility index (Phi) is 8.40. The average Bonchev–Trinajstić information content (AvgIpc) is 3.65. The van der Waals surface area contributed by atoms with Crippen LogP contribution in [0.3, 0.4) is 0 Å². The number of methoxy groups -OCH3 is 1. The van der Waals surface area contributed by atoms with Crippen LogP contribution in [0.1, 0.15) is 60.2 Å². The second kappa shape index (κ2) is 12.3. The largest absolute Gasteiger partial charge is 0.496 e. The van der Waals surface area contributed by atoms with E-state index in [4.69, 9.17) is 18.6 Å². The summed E-state index contributed by atoms with van der Waals surface area (Å²) in [6, 6.07) is 7.56. The minimum atomic E-state index is -1.39. The molecule has 2 aromatic heterocycles. The number of amides is 2. The summed E-state index contributed by atoms with van der Waals surface area (Å²) in [6.07, 6.45) is 3.92. The van der Waals surface area contributed by atoms with E-state index in [1.165, 1.54) is 30.7 Å². The summed E-state index contributed by atoms with van der Waals surface area (Å²) >= 11 is 1.29. The number of ether oxygens (including phenoxy) is 3. The quantitative estimate of drug-likeness (QED) is 0.329. The molecule has 1 saturated heterocycles. The van der Waals surface area contributed by atoms with Crippen LogP contribution >= 0.6 is 11.3 Å². The van der Waals surface area contributed by atoms with Gasteiger partial charge in [0.25, 0.3) is 0 Å². The van der Waals surface area contributed by atoms with Gasteiger partial charge in [0.1, 0.15) is 34.3 Å². The SMILES string of the molecule is COc1ccccc1[C@H](CN1C(=O)C2(CC(C(=O)NCC(C)=O)C2)C(=O)c2c1sc(-c1ncco1)c2C)OC1CCOCC1. The highest BCUT2D eigenvalue weighted by atomic mass is 32.1. The van der Waals surface area contributed by atoms with Crippen LogP contribution in [-0.4, -0.2) is 67.9 Å². The molecular formula is C32H35N3O8S. The van der Waals surface area contributed by atoms with Gasteiger partial charge in [0.05, 0.1) is 42.9 Å². The molecule has 44 heavy (non-hydrogen) atoms. The molecule has 4 heterocycles. The molecule has 1 saturated carbocycles. The van der Waals surface area contributed by atoms with Gasteiger partial charge in [-0.2, -0.15) is 0 Å². The predicted octanol–water partition coefficient (Wildman–Crippen LogP) is 4.29. The first-order valence-electron chi connectivity index (χ1n) is 14.8. The summed E-state index contributed by atoms with van der Waals surface area (Å²) in [7, 11) is 1.60. The standard InChI is InChI=1S/C32H35N3O8S/c1-18(36)16-34-28(38)20-14-32(15-20)27(37)25-19(2)26(29-33-10-13-42-29)44-30(25)35(31(32)39)17-24(43-21-8-11-41-12-9-21)22-6-4-5-7-23(22)40-3/h4-7,10,13,20-21,24H,8-9,11-12,14-17H2,1-3H3,(H,34,38)/t20?,24-,32?/m0/s1.